The second-order valence-corrected chi connectivity index (χ2v) is 7.68. The number of ether oxygens (including phenoxy) is 1. The van der Waals surface area contributed by atoms with Gasteiger partial charge in [-0.15, -0.1) is 10.2 Å². The van der Waals surface area contributed by atoms with E-state index in [1.54, 1.807) is 7.11 Å². The van der Waals surface area contributed by atoms with Gasteiger partial charge in [0.1, 0.15) is 11.8 Å². The average molecular weight is 426 g/mol. The second kappa shape index (κ2) is 7.90. The first-order valence-corrected chi connectivity index (χ1v) is 10.2. The third-order valence-electron chi connectivity index (χ3n) is 5.65. The molecular formula is C24H22N6O2. The van der Waals surface area contributed by atoms with Crippen molar-refractivity contribution in [1.82, 2.24) is 30.0 Å². The fourth-order valence-corrected chi connectivity index (χ4v) is 4.13. The van der Waals surface area contributed by atoms with Crippen molar-refractivity contribution in [2.24, 2.45) is 0 Å². The molecule has 0 aliphatic carbocycles. The highest BCUT2D eigenvalue weighted by Crippen LogP contribution is 2.33. The molecule has 0 amide bonds. The van der Waals surface area contributed by atoms with Gasteiger partial charge in [-0.2, -0.15) is 10.2 Å². The number of methoxy groups -OCH3 is 1. The van der Waals surface area contributed by atoms with Crippen LogP contribution in [-0.4, -0.2) is 42.2 Å². The van der Waals surface area contributed by atoms with Crippen LogP contribution in [0.4, 0.5) is 0 Å². The lowest BCUT2D eigenvalue weighted by molar-refractivity contribution is 0.213. The second-order valence-electron chi connectivity index (χ2n) is 7.68. The number of hydrogen-bond donors (Lipinski definition) is 2. The Labute approximate surface area is 184 Å². The number of aryl methyl sites for hydroxylation is 2. The van der Waals surface area contributed by atoms with Gasteiger partial charge in [0.05, 0.1) is 19.0 Å². The number of nitrogens with zero attached hydrogens (tertiary/aromatic N) is 5. The molecule has 0 spiro atoms. The Hall–Kier alpha value is -4.04. The summed E-state index contributed by atoms with van der Waals surface area (Å²) in [6, 6.07) is 17.8. The summed E-state index contributed by atoms with van der Waals surface area (Å²) in [7, 11) is 1.59. The number of rotatable bonds is 5. The molecule has 160 valence electrons. The van der Waals surface area contributed by atoms with Crippen LogP contribution in [0.3, 0.4) is 0 Å². The average Bonchev–Trinajstić information content (AvgIpc) is 3.50. The summed E-state index contributed by atoms with van der Waals surface area (Å²) in [6.45, 7) is 3.99. The zero-order valence-corrected chi connectivity index (χ0v) is 17.9. The van der Waals surface area contributed by atoms with Crippen LogP contribution in [0.1, 0.15) is 28.5 Å². The molecule has 0 radical (unpaired) electrons. The van der Waals surface area contributed by atoms with E-state index < -0.39 is 6.10 Å². The van der Waals surface area contributed by atoms with E-state index >= 15 is 0 Å². The predicted molar refractivity (Wildman–Crippen MR) is 120 cm³/mol. The lowest BCUT2D eigenvalue weighted by Crippen LogP contribution is -2.09. The molecular weight excluding hydrogens is 404 g/mol. The maximum atomic E-state index is 11.3. The van der Waals surface area contributed by atoms with Gasteiger partial charge in [0.2, 0.25) is 11.7 Å². The summed E-state index contributed by atoms with van der Waals surface area (Å²) in [5.41, 5.74) is 7.19. The van der Waals surface area contributed by atoms with Crippen LogP contribution in [0, 0.1) is 13.8 Å². The minimum absolute atomic E-state index is 0.514. The normalized spacial score (nSPS) is 12.2. The Morgan fingerprint density at radius 2 is 1.75 bits per heavy atom. The van der Waals surface area contributed by atoms with Crippen LogP contribution in [0.25, 0.3) is 28.2 Å². The fourth-order valence-electron chi connectivity index (χ4n) is 4.13. The van der Waals surface area contributed by atoms with E-state index in [-0.39, 0.29) is 0 Å². The molecule has 0 bridgehead atoms. The molecule has 0 aliphatic rings. The molecule has 1 unspecified atom stereocenters. The minimum Gasteiger partial charge on any atom is -0.480 e. The largest absolute Gasteiger partial charge is 0.480 e. The van der Waals surface area contributed by atoms with E-state index in [1.165, 1.54) is 0 Å². The first-order chi connectivity index (χ1) is 15.6. The number of aliphatic hydroxyl groups is 1. The molecule has 32 heavy (non-hydrogen) atoms. The molecule has 0 saturated carbocycles. The van der Waals surface area contributed by atoms with Gasteiger partial charge >= 0.3 is 0 Å². The Morgan fingerprint density at radius 3 is 2.44 bits per heavy atom. The van der Waals surface area contributed by atoms with Gasteiger partial charge < -0.3 is 9.84 Å². The molecule has 3 heterocycles. The summed E-state index contributed by atoms with van der Waals surface area (Å²) >= 11 is 0. The third-order valence-corrected chi connectivity index (χ3v) is 5.65. The number of pyridine rings is 1. The Kier molecular flexibility index (Phi) is 4.91. The first kappa shape index (κ1) is 19.9. The predicted octanol–water partition coefficient (Wildman–Crippen LogP) is 3.89. The van der Waals surface area contributed by atoms with E-state index in [1.807, 2.05) is 79.0 Å². The van der Waals surface area contributed by atoms with Gasteiger partial charge in [0.25, 0.3) is 0 Å². The SMILES string of the molecule is COc1cn2c(C(O)c3ccc(-c4ccccc4-c4nn[nH]n4)cc3)c(C)cc(C)c2n1. The van der Waals surface area contributed by atoms with Crippen molar-refractivity contribution in [3.05, 3.63) is 83.2 Å². The van der Waals surface area contributed by atoms with Crippen molar-refractivity contribution < 1.29 is 9.84 Å². The standard InChI is InChI=1S/C24H22N6O2/c1-14-12-15(2)24-25-20(32-3)13-30(24)21(14)22(31)17-10-8-16(9-11-17)18-6-4-5-7-19(18)23-26-28-29-27-23/h4-13,22,31H,1-3H3,(H,26,27,28,29). The van der Waals surface area contributed by atoms with Gasteiger partial charge in [-0.3, -0.25) is 4.40 Å². The quantitative estimate of drug-likeness (QED) is 0.442. The summed E-state index contributed by atoms with van der Waals surface area (Å²) in [4.78, 5) is 4.51. The van der Waals surface area contributed by atoms with Gasteiger partial charge in [-0.1, -0.05) is 54.6 Å². The summed E-state index contributed by atoms with van der Waals surface area (Å²) < 4.78 is 7.22. The maximum Gasteiger partial charge on any atom is 0.232 e. The highest BCUT2D eigenvalue weighted by Gasteiger charge is 2.20. The van der Waals surface area contributed by atoms with E-state index in [4.69, 9.17) is 4.74 Å². The third kappa shape index (κ3) is 3.30. The molecule has 1 atom stereocenters. The van der Waals surface area contributed by atoms with Crippen LogP contribution < -0.4 is 4.74 Å². The van der Waals surface area contributed by atoms with E-state index in [2.05, 4.69) is 25.6 Å². The van der Waals surface area contributed by atoms with Gasteiger partial charge in [-0.25, -0.2) is 0 Å². The minimum atomic E-state index is -0.821. The van der Waals surface area contributed by atoms with Crippen molar-refractivity contribution in [2.75, 3.05) is 7.11 Å². The van der Waals surface area contributed by atoms with Crippen LogP contribution in [0.5, 0.6) is 5.88 Å². The van der Waals surface area contributed by atoms with Gasteiger partial charge in [0, 0.05) is 5.56 Å². The van der Waals surface area contributed by atoms with E-state index in [0.717, 1.165) is 44.7 Å². The van der Waals surface area contributed by atoms with Gasteiger partial charge in [-0.05, 0) is 46.9 Å². The number of aromatic amines is 1. The van der Waals surface area contributed by atoms with E-state index in [9.17, 15) is 5.11 Å². The van der Waals surface area contributed by atoms with Crippen molar-refractivity contribution in [3.63, 3.8) is 0 Å². The molecule has 8 heteroatoms. The van der Waals surface area contributed by atoms with Crippen LogP contribution in [0.2, 0.25) is 0 Å². The molecule has 3 aromatic heterocycles. The van der Waals surface area contributed by atoms with Crippen LogP contribution in [0.15, 0.2) is 60.8 Å². The molecule has 5 aromatic rings. The number of hydrogen-bond acceptors (Lipinski definition) is 6. The zero-order chi connectivity index (χ0) is 22.2. The fraction of sp³-hybridized carbons (Fsp3) is 0.167. The monoisotopic (exact) mass is 426 g/mol. The number of nitrogens with one attached hydrogen (secondary N) is 1. The number of H-pyrrole nitrogens is 1. The van der Waals surface area contributed by atoms with E-state index in [0.29, 0.717) is 11.7 Å². The summed E-state index contributed by atoms with van der Waals surface area (Å²) in [6.07, 6.45) is 0.988. The van der Waals surface area contributed by atoms with Gasteiger partial charge in [0.15, 0.2) is 0 Å². The number of benzene rings is 2. The number of tetrazole rings is 1. The number of aromatic nitrogens is 6. The Bertz CT molecular complexity index is 1390. The molecule has 0 aliphatic heterocycles. The van der Waals surface area contributed by atoms with Crippen LogP contribution in [-0.2, 0) is 0 Å². The first-order valence-electron chi connectivity index (χ1n) is 10.2. The lowest BCUT2D eigenvalue weighted by atomic mass is 9.95. The number of imidazole rings is 1. The van der Waals surface area contributed by atoms with Crippen molar-refractivity contribution in [2.45, 2.75) is 20.0 Å². The zero-order valence-electron chi connectivity index (χ0n) is 17.9. The Balaban J connectivity index is 1.54. The highest BCUT2D eigenvalue weighted by atomic mass is 16.5. The van der Waals surface area contributed by atoms with Crippen molar-refractivity contribution >= 4 is 5.65 Å². The summed E-state index contributed by atoms with van der Waals surface area (Å²) in [5, 5.41) is 25.7. The molecule has 2 N–H and O–H groups in total. The molecule has 0 fully saturated rings. The van der Waals surface area contributed by atoms with Crippen molar-refractivity contribution in [1.29, 1.82) is 0 Å². The molecule has 2 aromatic carbocycles. The highest BCUT2D eigenvalue weighted by molar-refractivity contribution is 5.80. The van der Waals surface area contributed by atoms with Crippen LogP contribution >= 0.6 is 0 Å². The number of aliphatic hydroxyl groups excluding tert-OH is 1. The maximum absolute atomic E-state index is 11.3. The summed E-state index contributed by atoms with van der Waals surface area (Å²) in [5.74, 6) is 1.05. The molecule has 8 nitrogen and oxygen atoms in total. The number of fused-ring (bicyclic) bond motifs is 1. The smallest absolute Gasteiger partial charge is 0.232 e. The topological polar surface area (TPSA) is 101 Å². The van der Waals surface area contributed by atoms with Crippen molar-refractivity contribution in [3.8, 4) is 28.4 Å². The lowest BCUT2D eigenvalue weighted by Gasteiger charge is -2.18. The Morgan fingerprint density at radius 1 is 1.00 bits per heavy atom. The molecule has 0 saturated heterocycles. The molecule has 5 rings (SSSR count).